The van der Waals surface area contributed by atoms with Crippen molar-refractivity contribution < 1.29 is 9.15 Å². The standard InChI is InChI=1S/C12H10N2O2/c13-7-12-10(3-1-5-14-12)8-15-9-11-4-2-6-16-11/h1-6H,8-9H2. The van der Waals surface area contributed by atoms with Gasteiger partial charge in [-0.05, 0) is 18.2 Å². The number of nitrogens with zero attached hydrogens (tertiary/aromatic N) is 2. The molecular formula is C12H10N2O2. The fourth-order valence-electron chi connectivity index (χ4n) is 1.31. The van der Waals surface area contributed by atoms with Gasteiger partial charge in [-0.2, -0.15) is 5.26 Å². The van der Waals surface area contributed by atoms with Crippen LogP contribution in [0.5, 0.6) is 0 Å². The number of nitriles is 1. The number of hydrogen-bond acceptors (Lipinski definition) is 4. The van der Waals surface area contributed by atoms with Crippen molar-refractivity contribution in [2.24, 2.45) is 0 Å². The van der Waals surface area contributed by atoms with Gasteiger partial charge in [-0.15, -0.1) is 0 Å². The zero-order chi connectivity index (χ0) is 11.2. The fourth-order valence-corrected chi connectivity index (χ4v) is 1.31. The van der Waals surface area contributed by atoms with Crippen LogP contribution in [0.2, 0.25) is 0 Å². The summed E-state index contributed by atoms with van der Waals surface area (Å²) in [4.78, 5) is 3.95. The van der Waals surface area contributed by atoms with Crippen LogP contribution in [0.3, 0.4) is 0 Å². The van der Waals surface area contributed by atoms with Gasteiger partial charge in [-0.1, -0.05) is 6.07 Å². The van der Waals surface area contributed by atoms with Gasteiger partial charge in [0.05, 0.1) is 12.9 Å². The molecule has 0 bridgehead atoms. The maximum Gasteiger partial charge on any atom is 0.145 e. The minimum Gasteiger partial charge on any atom is -0.467 e. The van der Waals surface area contributed by atoms with Crippen LogP contribution in [0.25, 0.3) is 0 Å². The largest absolute Gasteiger partial charge is 0.467 e. The second-order valence-electron chi connectivity index (χ2n) is 3.20. The molecule has 0 unspecified atom stereocenters. The van der Waals surface area contributed by atoms with Crippen molar-refractivity contribution in [1.29, 1.82) is 5.26 Å². The number of rotatable bonds is 4. The SMILES string of the molecule is N#Cc1ncccc1COCc1ccco1. The predicted molar refractivity (Wildman–Crippen MR) is 56.2 cm³/mol. The second-order valence-corrected chi connectivity index (χ2v) is 3.20. The summed E-state index contributed by atoms with van der Waals surface area (Å²) >= 11 is 0. The molecule has 0 fully saturated rings. The van der Waals surface area contributed by atoms with Crippen molar-refractivity contribution in [1.82, 2.24) is 4.98 Å². The third-order valence-corrected chi connectivity index (χ3v) is 2.08. The van der Waals surface area contributed by atoms with Crippen LogP contribution in [-0.2, 0) is 18.0 Å². The van der Waals surface area contributed by atoms with E-state index >= 15 is 0 Å². The van der Waals surface area contributed by atoms with Gasteiger partial charge in [-0.25, -0.2) is 4.98 Å². The summed E-state index contributed by atoms with van der Waals surface area (Å²) in [5.74, 6) is 0.766. The summed E-state index contributed by atoms with van der Waals surface area (Å²) in [6, 6.07) is 9.29. The van der Waals surface area contributed by atoms with Crippen LogP contribution in [-0.4, -0.2) is 4.98 Å². The van der Waals surface area contributed by atoms with Gasteiger partial charge in [0.15, 0.2) is 0 Å². The van der Waals surface area contributed by atoms with Crippen LogP contribution < -0.4 is 0 Å². The lowest BCUT2D eigenvalue weighted by atomic mass is 10.2. The van der Waals surface area contributed by atoms with Crippen molar-refractivity contribution in [2.45, 2.75) is 13.2 Å². The zero-order valence-electron chi connectivity index (χ0n) is 8.59. The van der Waals surface area contributed by atoms with Crippen LogP contribution >= 0.6 is 0 Å². The summed E-state index contributed by atoms with van der Waals surface area (Å²) < 4.78 is 10.5. The molecule has 0 aliphatic rings. The molecule has 4 nitrogen and oxygen atoms in total. The fraction of sp³-hybridized carbons (Fsp3) is 0.167. The minimum atomic E-state index is 0.359. The lowest BCUT2D eigenvalue weighted by Crippen LogP contribution is -1.97. The summed E-state index contributed by atoms with van der Waals surface area (Å²) in [7, 11) is 0. The molecule has 2 aromatic rings. The van der Waals surface area contributed by atoms with Gasteiger partial charge in [0.25, 0.3) is 0 Å². The van der Waals surface area contributed by atoms with Crippen molar-refractivity contribution in [3.05, 3.63) is 53.7 Å². The number of aromatic nitrogens is 1. The first-order valence-electron chi connectivity index (χ1n) is 4.84. The molecule has 0 aromatic carbocycles. The molecule has 0 amide bonds. The van der Waals surface area contributed by atoms with Gasteiger partial charge in [-0.3, -0.25) is 0 Å². The van der Waals surface area contributed by atoms with Gasteiger partial charge in [0.1, 0.15) is 24.1 Å². The van der Waals surface area contributed by atoms with Crippen molar-refractivity contribution in [3.8, 4) is 6.07 Å². The Morgan fingerprint density at radius 3 is 3.00 bits per heavy atom. The van der Waals surface area contributed by atoms with Crippen LogP contribution in [0.1, 0.15) is 17.0 Å². The third-order valence-electron chi connectivity index (χ3n) is 2.08. The van der Waals surface area contributed by atoms with Gasteiger partial charge >= 0.3 is 0 Å². The number of hydrogen-bond donors (Lipinski definition) is 0. The quantitative estimate of drug-likeness (QED) is 0.783. The van der Waals surface area contributed by atoms with Gasteiger partial charge < -0.3 is 9.15 Å². The van der Waals surface area contributed by atoms with E-state index in [1.807, 2.05) is 24.3 Å². The van der Waals surface area contributed by atoms with Crippen LogP contribution in [0, 0.1) is 11.3 Å². The molecule has 0 saturated carbocycles. The highest BCUT2D eigenvalue weighted by molar-refractivity contribution is 5.29. The van der Waals surface area contributed by atoms with Gasteiger partial charge in [0.2, 0.25) is 0 Å². The third kappa shape index (κ3) is 2.47. The van der Waals surface area contributed by atoms with E-state index in [2.05, 4.69) is 4.98 Å². The van der Waals surface area contributed by atoms with Crippen molar-refractivity contribution in [3.63, 3.8) is 0 Å². The summed E-state index contributed by atoms with van der Waals surface area (Å²) in [5.41, 5.74) is 1.19. The summed E-state index contributed by atoms with van der Waals surface area (Å²) in [6.45, 7) is 0.754. The average Bonchev–Trinajstić information content (AvgIpc) is 2.83. The molecular weight excluding hydrogens is 204 g/mol. The van der Waals surface area contributed by atoms with E-state index in [0.29, 0.717) is 18.9 Å². The van der Waals surface area contributed by atoms with E-state index < -0.39 is 0 Å². The molecule has 16 heavy (non-hydrogen) atoms. The van der Waals surface area contributed by atoms with E-state index in [1.165, 1.54) is 0 Å². The molecule has 2 heterocycles. The maximum atomic E-state index is 8.82. The lowest BCUT2D eigenvalue weighted by Gasteiger charge is -2.03. The normalized spacial score (nSPS) is 9.94. The smallest absolute Gasteiger partial charge is 0.145 e. The van der Waals surface area contributed by atoms with Crippen LogP contribution in [0.4, 0.5) is 0 Å². The summed E-state index contributed by atoms with van der Waals surface area (Å²) in [6.07, 6.45) is 3.19. The van der Waals surface area contributed by atoms with E-state index in [-0.39, 0.29) is 0 Å². The highest BCUT2D eigenvalue weighted by Crippen LogP contribution is 2.08. The first-order valence-corrected chi connectivity index (χ1v) is 4.84. The Morgan fingerprint density at radius 1 is 1.31 bits per heavy atom. The zero-order valence-corrected chi connectivity index (χ0v) is 8.59. The molecule has 80 valence electrons. The highest BCUT2D eigenvalue weighted by atomic mass is 16.5. The molecule has 0 aliphatic carbocycles. The first kappa shape index (κ1) is 10.4. The van der Waals surface area contributed by atoms with E-state index in [1.54, 1.807) is 18.5 Å². The molecule has 0 radical (unpaired) electrons. The first-order chi connectivity index (χ1) is 7.90. The Balaban J connectivity index is 1.93. The Hall–Kier alpha value is -2.12. The number of pyridine rings is 1. The van der Waals surface area contributed by atoms with E-state index in [4.69, 9.17) is 14.4 Å². The Labute approximate surface area is 93.1 Å². The Kier molecular flexibility index (Phi) is 3.31. The number of furan rings is 1. The Bertz CT molecular complexity index is 486. The van der Waals surface area contributed by atoms with Crippen LogP contribution in [0.15, 0.2) is 41.1 Å². The molecule has 0 spiro atoms. The molecule has 0 aliphatic heterocycles. The average molecular weight is 214 g/mol. The molecule has 0 N–H and O–H groups in total. The highest BCUT2D eigenvalue weighted by Gasteiger charge is 2.02. The van der Waals surface area contributed by atoms with Gasteiger partial charge in [0, 0.05) is 11.8 Å². The Morgan fingerprint density at radius 2 is 2.25 bits per heavy atom. The number of ether oxygens (including phenoxy) is 1. The van der Waals surface area contributed by atoms with Crippen molar-refractivity contribution >= 4 is 0 Å². The predicted octanol–water partition coefficient (Wildman–Crippen LogP) is 2.26. The molecule has 0 atom stereocenters. The maximum absolute atomic E-state index is 8.82. The molecule has 4 heteroatoms. The molecule has 0 saturated heterocycles. The van der Waals surface area contributed by atoms with Crippen molar-refractivity contribution in [2.75, 3.05) is 0 Å². The second kappa shape index (κ2) is 5.10. The van der Waals surface area contributed by atoms with E-state index in [9.17, 15) is 0 Å². The van der Waals surface area contributed by atoms with E-state index in [0.717, 1.165) is 11.3 Å². The summed E-state index contributed by atoms with van der Waals surface area (Å²) in [5, 5.41) is 8.82. The lowest BCUT2D eigenvalue weighted by molar-refractivity contribution is 0.0926. The monoisotopic (exact) mass is 214 g/mol. The topological polar surface area (TPSA) is 59.0 Å². The molecule has 2 aromatic heterocycles. The molecule has 2 rings (SSSR count). The minimum absolute atomic E-state index is 0.359.